The predicted octanol–water partition coefficient (Wildman–Crippen LogP) is 4.92. The van der Waals surface area contributed by atoms with Gasteiger partial charge >= 0.3 is 0 Å². The van der Waals surface area contributed by atoms with E-state index in [9.17, 15) is 4.79 Å². The van der Waals surface area contributed by atoms with Crippen LogP contribution >= 0.6 is 15.9 Å². The van der Waals surface area contributed by atoms with Crippen LogP contribution in [0.1, 0.15) is 40.7 Å². The molecule has 0 aliphatic rings. The molecular formula is C19H20BrN3O. The number of hydrogen-bond acceptors (Lipinski definition) is 2. The number of pyridine rings is 1. The molecule has 5 heteroatoms. The average molecular weight is 386 g/mol. The number of amides is 1. The minimum Gasteiger partial charge on any atom is -0.320 e. The molecule has 0 saturated heterocycles. The van der Waals surface area contributed by atoms with Crippen LogP contribution in [0.2, 0.25) is 0 Å². The van der Waals surface area contributed by atoms with Crippen molar-refractivity contribution in [1.82, 2.24) is 9.38 Å². The number of benzene rings is 1. The summed E-state index contributed by atoms with van der Waals surface area (Å²) < 4.78 is 2.77. The summed E-state index contributed by atoms with van der Waals surface area (Å²) in [6.45, 7) is 6.10. The first kappa shape index (κ1) is 16.7. The average Bonchev–Trinajstić information content (AvgIpc) is 2.88. The van der Waals surface area contributed by atoms with Crippen molar-refractivity contribution in [2.75, 3.05) is 5.32 Å². The van der Waals surface area contributed by atoms with Gasteiger partial charge in [-0.25, -0.2) is 4.98 Å². The zero-order valence-electron chi connectivity index (χ0n) is 14.1. The third kappa shape index (κ3) is 3.22. The number of carbonyl (C=O) groups is 1. The van der Waals surface area contributed by atoms with Crippen LogP contribution < -0.4 is 5.32 Å². The van der Waals surface area contributed by atoms with Gasteiger partial charge in [0, 0.05) is 16.4 Å². The Labute approximate surface area is 150 Å². The van der Waals surface area contributed by atoms with Gasteiger partial charge in [-0.3, -0.25) is 9.20 Å². The number of fused-ring (bicyclic) bond motifs is 1. The lowest BCUT2D eigenvalue weighted by Gasteiger charge is -2.10. The first-order chi connectivity index (χ1) is 11.5. The zero-order valence-corrected chi connectivity index (χ0v) is 15.6. The van der Waals surface area contributed by atoms with E-state index in [0.29, 0.717) is 5.69 Å². The number of nitrogens with one attached hydrogen (secondary N) is 1. The van der Waals surface area contributed by atoms with Gasteiger partial charge in [0.1, 0.15) is 11.3 Å². The number of anilines is 1. The molecule has 0 aliphatic heterocycles. The second-order valence-corrected chi connectivity index (χ2v) is 6.92. The molecule has 2 heterocycles. The molecule has 0 unspecified atom stereocenters. The molecule has 0 saturated carbocycles. The first-order valence-electron chi connectivity index (χ1n) is 8.04. The summed E-state index contributed by atoms with van der Waals surface area (Å²) >= 11 is 3.47. The molecule has 4 nitrogen and oxygen atoms in total. The highest BCUT2D eigenvalue weighted by Crippen LogP contribution is 2.22. The fourth-order valence-electron chi connectivity index (χ4n) is 2.77. The second-order valence-electron chi connectivity index (χ2n) is 6.01. The van der Waals surface area contributed by atoms with E-state index in [2.05, 4.69) is 33.2 Å². The highest BCUT2D eigenvalue weighted by atomic mass is 79.9. The van der Waals surface area contributed by atoms with Gasteiger partial charge in [0.05, 0.1) is 5.69 Å². The normalized spacial score (nSPS) is 11.0. The zero-order chi connectivity index (χ0) is 17.3. The van der Waals surface area contributed by atoms with Crippen molar-refractivity contribution < 1.29 is 4.79 Å². The molecule has 0 radical (unpaired) electrons. The summed E-state index contributed by atoms with van der Waals surface area (Å²) in [4.78, 5) is 17.6. The van der Waals surface area contributed by atoms with Crippen LogP contribution in [0.4, 0.5) is 5.69 Å². The Balaban J connectivity index is 2.06. The number of aryl methyl sites for hydroxylation is 3. The Hall–Kier alpha value is -2.14. The minimum atomic E-state index is -0.127. The van der Waals surface area contributed by atoms with Crippen LogP contribution in [0.5, 0.6) is 0 Å². The van der Waals surface area contributed by atoms with E-state index >= 15 is 0 Å². The van der Waals surface area contributed by atoms with Crippen molar-refractivity contribution in [2.24, 2.45) is 0 Å². The standard InChI is InChI=1S/C19H20BrN3O/c1-4-5-15-18(23-11-14(20)8-9-17(23)21-15)19(24)22-16-10-12(2)6-7-13(16)3/h6-11H,4-5H2,1-3H3,(H,22,24). The Bertz CT molecular complexity index is 914. The third-order valence-electron chi connectivity index (χ3n) is 4.00. The molecule has 0 bridgehead atoms. The van der Waals surface area contributed by atoms with E-state index in [0.717, 1.165) is 45.5 Å². The van der Waals surface area contributed by atoms with Gasteiger partial charge in [0.25, 0.3) is 5.91 Å². The predicted molar refractivity (Wildman–Crippen MR) is 101 cm³/mol. The first-order valence-corrected chi connectivity index (χ1v) is 8.84. The maximum Gasteiger partial charge on any atom is 0.274 e. The SMILES string of the molecule is CCCc1nc2ccc(Br)cn2c1C(=O)Nc1cc(C)ccc1C. The third-order valence-corrected chi connectivity index (χ3v) is 4.47. The maximum absolute atomic E-state index is 13.0. The number of rotatable bonds is 4. The molecule has 0 aliphatic carbocycles. The van der Waals surface area contributed by atoms with Crippen molar-refractivity contribution in [1.29, 1.82) is 0 Å². The Morgan fingerprint density at radius 3 is 2.79 bits per heavy atom. The number of hydrogen-bond donors (Lipinski definition) is 1. The Kier molecular flexibility index (Phi) is 4.71. The van der Waals surface area contributed by atoms with Crippen molar-refractivity contribution >= 4 is 33.2 Å². The monoisotopic (exact) mass is 385 g/mol. The molecule has 1 amide bonds. The van der Waals surface area contributed by atoms with E-state index in [1.165, 1.54) is 0 Å². The van der Waals surface area contributed by atoms with Crippen molar-refractivity contribution in [2.45, 2.75) is 33.6 Å². The van der Waals surface area contributed by atoms with Gasteiger partial charge in [-0.1, -0.05) is 25.5 Å². The van der Waals surface area contributed by atoms with Crippen molar-refractivity contribution in [3.05, 3.63) is 63.5 Å². The van der Waals surface area contributed by atoms with Crippen LogP contribution in [-0.2, 0) is 6.42 Å². The fourth-order valence-corrected chi connectivity index (χ4v) is 3.11. The molecule has 24 heavy (non-hydrogen) atoms. The number of imidazole rings is 1. The number of halogens is 1. The highest BCUT2D eigenvalue weighted by molar-refractivity contribution is 9.10. The summed E-state index contributed by atoms with van der Waals surface area (Å²) in [5.74, 6) is -0.127. The quantitative estimate of drug-likeness (QED) is 0.692. The molecular weight excluding hydrogens is 366 g/mol. The van der Waals surface area contributed by atoms with E-state index in [4.69, 9.17) is 0 Å². The van der Waals surface area contributed by atoms with E-state index < -0.39 is 0 Å². The second kappa shape index (κ2) is 6.77. The summed E-state index contributed by atoms with van der Waals surface area (Å²) in [5.41, 5.74) is 5.22. The van der Waals surface area contributed by atoms with Crippen molar-refractivity contribution in [3.63, 3.8) is 0 Å². The largest absolute Gasteiger partial charge is 0.320 e. The van der Waals surface area contributed by atoms with Crippen LogP contribution in [0, 0.1) is 13.8 Å². The molecule has 0 spiro atoms. The highest BCUT2D eigenvalue weighted by Gasteiger charge is 2.19. The Morgan fingerprint density at radius 2 is 2.04 bits per heavy atom. The van der Waals surface area contributed by atoms with E-state index in [1.807, 2.05) is 54.8 Å². The van der Waals surface area contributed by atoms with E-state index in [1.54, 1.807) is 0 Å². The lowest BCUT2D eigenvalue weighted by molar-refractivity contribution is 0.102. The molecule has 3 rings (SSSR count). The van der Waals surface area contributed by atoms with Gasteiger partial charge in [0.2, 0.25) is 0 Å². The lowest BCUT2D eigenvalue weighted by Crippen LogP contribution is -2.17. The van der Waals surface area contributed by atoms with Gasteiger partial charge in [0.15, 0.2) is 0 Å². The Morgan fingerprint density at radius 1 is 1.25 bits per heavy atom. The van der Waals surface area contributed by atoms with Gasteiger partial charge < -0.3 is 5.32 Å². The van der Waals surface area contributed by atoms with Crippen LogP contribution in [0.15, 0.2) is 41.0 Å². The summed E-state index contributed by atoms with van der Waals surface area (Å²) in [6, 6.07) is 9.90. The van der Waals surface area contributed by atoms with Gasteiger partial charge in [-0.2, -0.15) is 0 Å². The molecule has 0 atom stereocenters. The number of nitrogens with zero attached hydrogens (tertiary/aromatic N) is 2. The molecule has 1 aromatic carbocycles. The summed E-state index contributed by atoms with van der Waals surface area (Å²) in [5, 5.41) is 3.05. The van der Waals surface area contributed by atoms with Crippen LogP contribution in [0.3, 0.4) is 0 Å². The summed E-state index contributed by atoms with van der Waals surface area (Å²) in [6.07, 6.45) is 3.60. The molecule has 1 N–H and O–H groups in total. The number of aromatic nitrogens is 2. The molecule has 3 aromatic rings. The smallest absolute Gasteiger partial charge is 0.274 e. The van der Waals surface area contributed by atoms with E-state index in [-0.39, 0.29) is 5.91 Å². The molecule has 0 fully saturated rings. The topological polar surface area (TPSA) is 46.4 Å². The lowest BCUT2D eigenvalue weighted by atomic mass is 10.1. The molecule has 2 aromatic heterocycles. The van der Waals surface area contributed by atoms with Crippen molar-refractivity contribution in [3.8, 4) is 0 Å². The summed E-state index contributed by atoms with van der Waals surface area (Å²) in [7, 11) is 0. The fraction of sp³-hybridized carbons (Fsp3) is 0.263. The van der Waals surface area contributed by atoms with Gasteiger partial charge in [-0.15, -0.1) is 0 Å². The minimum absolute atomic E-state index is 0.127. The van der Waals surface area contributed by atoms with Gasteiger partial charge in [-0.05, 0) is 65.5 Å². The maximum atomic E-state index is 13.0. The number of carbonyl (C=O) groups excluding carboxylic acids is 1. The van der Waals surface area contributed by atoms with Crippen LogP contribution in [-0.4, -0.2) is 15.3 Å². The van der Waals surface area contributed by atoms with Crippen LogP contribution in [0.25, 0.3) is 5.65 Å². The molecule has 124 valence electrons.